The molecule has 1 heterocycles. The van der Waals surface area contributed by atoms with E-state index in [0.29, 0.717) is 0 Å². The molecule has 0 radical (unpaired) electrons. The fourth-order valence-corrected chi connectivity index (χ4v) is 2.52. The van der Waals surface area contributed by atoms with Gasteiger partial charge in [0.1, 0.15) is 13.1 Å². The molecule has 0 atom stereocenters. The van der Waals surface area contributed by atoms with Gasteiger partial charge in [-0.25, -0.2) is 0 Å². The molecule has 0 unspecified atom stereocenters. The molecule has 0 spiro atoms. The SMILES string of the molecule is [C-]#[N+]C([N+]#[C-])=C(SCCC)N1CCCC1. The summed E-state index contributed by atoms with van der Waals surface area (Å²) in [5.41, 5.74) is 0. The van der Waals surface area contributed by atoms with Crippen molar-refractivity contribution in [2.45, 2.75) is 26.2 Å². The van der Waals surface area contributed by atoms with Crippen molar-refractivity contribution in [2.75, 3.05) is 18.8 Å². The minimum absolute atomic E-state index is 0.246. The Kier molecular flexibility index (Phi) is 5.07. The third-order valence-corrected chi connectivity index (χ3v) is 3.57. The van der Waals surface area contributed by atoms with Gasteiger partial charge in [-0.3, -0.25) is 0 Å². The van der Waals surface area contributed by atoms with Crippen LogP contribution in [0.2, 0.25) is 0 Å². The van der Waals surface area contributed by atoms with Crippen LogP contribution in [0.5, 0.6) is 0 Å². The van der Waals surface area contributed by atoms with Gasteiger partial charge in [0.25, 0.3) is 0 Å². The van der Waals surface area contributed by atoms with Crippen LogP contribution in [-0.4, -0.2) is 23.7 Å². The number of hydrogen-bond donors (Lipinski definition) is 0. The zero-order valence-corrected chi connectivity index (χ0v) is 9.81. The lowest BCUT2D eigenvalue weighted by atomic mass is 10.4. The third-order valence-electron chi connectivity index (χ3n) is 2.24. The van der Waals surface area contributed by atoms with Gasteiger partial charge < -0.3 is 4.90 Å². The average molecular weight is 221 g/mol. The van der Waals surface area contributed by atoms with Crippen LogP contribution in [0.25, 0.3) is 9.69 Å². The zero-order valence-electron chi connectivity index (χ0n) is 8.99. The fourth-order valence-electron chi connectivity index (χ4n) is 1.54. The molecule has 0 aromatic rings. The summed E-state index contributed by atoms with van der Waals surface area (Å²) < 4.78 is 0. The van der Waals surface area contributed by atoms with Crippen molar-refractivity contribution in [1.82, 2.24) is 4.90 Å². The molecule has 0 aliphatic carbocycles. The van der Waals surface area contributed by atoms with Crippen LogP contribution >= 0.6 is 11.8 Å². The molecular weight excluding hydrogens is 206 g/mol. The van der Waals surface area contributed by atoms with E-state index in [9.17, 15) is 0 Å². The number of hydrogen-bond acceptors (Lipinski definition) is 2. The van der Waals surface area contributed by atoms with Crippen molar-refractivity contribution in [3.8, 4) is 0 Å². The summed E-state index contributed by atoms with van der Waals surface area (Å²) in [6.45, 7) is 18.1. The second-order valence-corrected chi connectivity index (χ2v) is 4.48. The lowest BCUT2D eigenvalue weighted by molar-refractivity contribution is 0.454. The van der Waals surface area contributed by atoms with Gasteiger partial charge in [-0.15, -0.1) is 11.8 Å². The van der Waals surface area contributed by atoms with Crippen molar-refractivity contribution in [1.29, 1.82) is 0 Å². The van der Waals surface area contributed by atoms with Gasteiger partial charge in [0.2, 0.25) is 0 Å². The van der Waals surface area contributed by atoms with Crippen molar-refractivity contribution in [3.05, 3.63) is 33.7 Å². The van der Waals surface area contributed by atoms with Gasteiger partial charge in [0, 0.05) is 13.1 Å². The first kappa shape index (κ1) is 11.9. The molecule has 0 aromatic heterocycles. The molecule has 1 aliphatic rings. The Morgan fingerprint density at radius 3 is 2.33 bits per heavy atom. The van der Waals surface area contributed by atoms with E-state index >= 15 is 0 Å². The number of likely N-dealkylation sites (tertiary alicyclic amines) is 1. The molecule has 1 rings (SSSR count). The molecule has 0 bridgehead atoms. The average Bonchev–Trinajstić information content (AvgIpc) is 2.77. The zero-order chi connectivity index (χ0) is 11.1. The second-order valence-electron chi connectivity index (χ2n) is 3.39. The minimum atomic E-state index is 0.246. The molecule has 0 aromatic carbocycles. The summed E-state index contributed by atoms with van der Waals surface area (Å²) in [6.07, 6.45) is 3.43. The van der Waals surface area contributed by atoms with Gasteiger partial charge >= 0.3 is 5.82 Å². The van der Waals surface area contributed by atoms with E-state index in [2.05, 4.69) is 21.5 Å². The van der Waals surface area contributed by atoms with Crippen LogP contribution < -0.4 is 0 Å². The quantitative estimate of drug-likeness (QED) is 0.676. The molecule has 4 heteroatoms. The molecule has 0 saturated carbocycles. The summed E-state index contributed by atoms with van der Waals surface area (Å²) in [5, 5.41) is 0.902. The van der Waals surface area contributed by atoms with E-state index in [1.165, 1.54) is 12.8 Å². The van der Waals surface area contributed by atoms with Gasteiger partial charge in [-0.05, 0) is 25.0 Å². The van der Waals surface area contributed by atoms with Crippen LogP contribution in [0.1, 0.15) is 26.2 Å². The highest BCUT2D eigenvalue weighted by molar-refractivity contribution is 8.03. The Balaban J connectivity index is 2.82. The van der Waals surface area contributed by atoms with Gasteiger partial charge in [-0.1, -0.05) is 6.92 Å². The van der Waals surface area contributed by atoms with Gasteiger partial charge in [-0.2, -0.15) is 9.69 Å². The maximum atomic E-state index is 7.00. The molecule has 80 valence electrons. The van der Waals surface area contributed by atoms with Crippen molar-refractivity contribution in [3.63, 3.8) is 0 Å². The smallest absolute Gasteiger partial charge is 0.369 e. The van der Waals surface area contributed by atoms with Crippen molar-refractivity contribution in [2.24, 2.45) is 0 Å². The second kappa shape index (κ2) is 6.37. The number of rotatable bonds is 4. The van der Waals surface area contributed by atoms with Crippen LogP contribution in [0.4, 0.5) is 0 Å². The Bertz CT molecular complexity index is 300. The maximum Gasteiger partial charge on any atom is 0.549 e. The highest BCUT2D eigenvalue weighted by atomic mass is 32.2. The van der Waals surface area contributed by atoms with Gasteiger partial charge in [0.05, 0.1) is 0 Å². The van der Waals surface area contributed by atoms with E-state index in [1.807, 2.05) is 0 Å². The molecular formula is C11H15N3S. The topological polar surface area (TPSA) is 12.0 Å². The number of nitrogens with zero attached hydrogens (tertiary/aromatic N) is 3. The maximum absolute atomic E-state index is 7.00. The predicted molar refractivity (Wildman–Crippen MR) is 63.8 cm³/mol. The fraction of sp³-hybridized carbons (Fsp3) is 0.636. The molecule has 1 saturated heterocycles. The summed E-state index contributed by atoms with van der Waals surface area (Å²) in [7, 11) is 0. The van der Waals surface area contributed by atoms with E-state index in [1.54, 1.807) is 11.8 Å². The van der Waals surface area contributed by atoms with E-state index in [0.717, 1.165) is 30.3 Å². The molecule has 1 aliphatic heterocycles. The molecule has 1 fully saturated rings. The van der Waals surface area contributed by atoms with Crippen LogP contribution in [-0.2, 0) is 0 Å². The largest absolute Gasteiger partial charge is 0.549 e. The molecule has 0 N–H and O–H groups in total. The summed E-state index contributed by atoms with van der Waals surface area (Å²) >= 11 is 1.65. The first-order chi connectivity index (χ1) is 7.33. The Morgan fingerprint density at radius 1 is 1.27 bits per heavy atom. The highest BCUT2D eigenvalue weighted by Gasteiger charge is 2.23. The highest BCUT2D eigenvalue weighted by Crippen LogP contribution is 2.29. The third kappa shape index (κ3) is 3.18. The summed E-state index contributed by atoms with van der Waals surface area (Å²) in [6, 6.07) is 0. The van der Waals surface area contributed by atoms with Gasteiger partial charge in [0.15, 0.2) is 5.03 Å². The van der Waals surface area contributed by atoms with E-state index in [4.69, 9.17) is 13.1 Å². The van der Waals surface area contributed by atoms with E-state index < -0.39 is 0 Å². The van der Waals surface area contributed by atoms with E-state index in [-0.39, 0.29) is 5.82 Å². The monoisotopic (exact) mass is 221 g/mol. The lowest BCUT2D eigenvalue weighted by Gasteiger charge is -2.18. The van der Waals surface area contributed by atoms with Crippen LogP contribution in [0.15, 0.2) is 10.9 Å². The minimum Gasteiger partial charge on any atom is -0.369 e. The Morgan fingerprint density at radius 2 is 1.87 bits per heavy atom. The Hall–Kier alpha value is -1.13. The van der Waals surface area contributed by atoms with Crippen molar-refractivity contribution >= 4 is 11.8 Å². The summed E-state index contributed by atoms with van der Waals surface area (Å²) in [4.78, 5) is 8.82. The number of thioether (sulfide) groups is 1. The lowest BCUT2D eigenvalue weighted by Crippen LogP contribution is -2.17. The normalized spacial score (nSPS) is 14.5. The molecule has 0 amide bonds. The first-order valence-corrected chi connectivity index (χ1v) is 6.19. The van der Waals surface area contributed by atoms with Crippen LogP contribution in [0, 0.1) is 13.1 Å². The van der Waals surface area contributed by atoms with Crippen LogP contribution in [0.3, 0.4) is 0 Å². The standard InChI is InChI=1S/C11H15N3S/c1-4-9-15-11(10(12-2)13-3)14-7-5-6-8-14/h4-9H2,1H3. The first-order valence-electron chi connectivity index (χ1n) is 5.20. The Labute approximate surface area is 95.8 Å². The predicted octanol–water partition coefficient (Wildman–Crippen LogP) is 3.19. The van der Waals surface area contributed by atoms with Crippen molar-refractivity contribution < 1.29 is 0 Å². The summed E-state index contributed by atoms with van der Waals surface area (Å²) in [5.74, 6) is 1.23. The molecule has 3 nitrogen and oxygen atoms in total. The molecule has 15 heavy (non-hydrogen) atoms.